The molecule has 6 heteroatoms. The number of nitrogens with zero attached hydrogens (tertiary/aromatic N) is 4. The minimum atomic E-state index is -0.195. The number of carbonyl (C=O) groups excluding carboxylic acids is 1. The summed E-state index contributed by atoms with van der Waals surface area (Å²) in [5, 5.41) is 0. The minimum Gasteiger partial charge on any atom is -0.337 e. The van der Waals surface area contributed by atoms with Crippen LogP contribution in [0.1, 0.15) is 21.9 Å². The Morgan fingerprint density at radius 2 is 2.24 bits per heavy atom. The van der Waals surface area contributed by atoms with Crippen molar-refractivity contribution < 1.29 is 4.79 Å². The zero-order chi connectivity index (χ0) is 15.2. The third-order valence-electron chi connectivity index (χ3n) is 2.98. The van der Waals surface area contributed by atoms with E-state index < -0.39 is 0 Å². The van der Waals surface area contributed by atoms with Crippen LogP contribution in [0.15, 0.2) is 30.7 Å². The average Bonchev–Trinajstić information content (AvgIpc) is 2.90. The first-order valence-electron chi connectivity index (χ1n) is 6.49. The number of imidazole rings is 1. The Hall–Kier alpha value is -2.65. The van der Waals surface area contributed by atoms with Gasteiger partial charge < -0.3 is 15.2 Å². The lowest BCUT2D eigenvalue weighted by Crippen LogP contribution is -2.29. The normalized spacial score (nSPS) is 9.86. The maximum atomic E-state index is 12.5. The average molecular weight is 283 g/mol. The van der Waals surface area contributed by atoms with E-state index in [1.807, 2.05) is 17.8 Å². The lowest BCUT2D eigenvalue weighted by molar-refractivity contribution is 0.0774. The zero-order valence-electron chi connectivity index (χ0n) is 12.1. The molecule has 0 spiro atoms. The predicted molar refractivity (Wildman–Crippen MR) is 79.2 cm³/mol. The molecule has 2 aromatic rings. The van der Waals surface area contributed by atoms with Crippen molar-refractivity contribution >= 4 is 5.91 Å². The summed E-state index contributed by atoms with van der Waals surface area (Å²) in [6.45, 7) is 0.647. The standard InChI is InChI=1S/C15H17N5O/c1-19-10-9-17-13(19)11-20(2)15(21)14-12(5-3-7-16)6-4-8-18-14/h4,6,8-10H,7,11,16H2,1-2H3. The fourth-order valence-corrected chi connectivity index (χ4v) is 1.84. The van der Waals surface area contributed by atoms with E-state index in [-0.39, 0.29) is 12.5 Å². The van der Waals surface area contributed by atoms with Crippen LogP contribution >= 0.6 is 0 Å². The van der Waals surface area contributed by atoms with Crippen LogP contribution in [0.4, 0.5) is 0 Å². The number of pyridine rings is 1. The SMILES string of the molecule is CN(Cc1nccn1C)C(=O)c1ncccc1C#CCN. The number of rotatable bonds is 3. The second kappa shape index (κ2) is 6.68. The van der Waals surface area contributed by atoms with Gasteiger partial charge in [-0.15, -0.1) is 0 Å². The fraction of sp³-hybridized carbons (Fsp3) is 0.267. The first kappa shape index (κ1) is 14.8. The molecule has 1 amide bonds. The molecule has 2 heterocycles. The van der Waals surface area contributed by atoms with Crippen LogP contribution in [0.25, 0.3) is 0 Å². The third-order valence-corrected chi connectivity index (χ3v) is 2.98. The quantitative estimate of drug-likeness (QED) is 0.827. The van der Waals surface area contributed by atoms with Crippen LogP contribution < -0.4 is 5.73 Å². The summed E-state index contributed by atoms with van der Waals surface area (Å²) in [6.07, 6.45) is 5.12. The summed E-state index contributed by atoms with van der Waals surface area (Å²) in [5.41, 5.74) is 6.28. The zero-order valence-corrected chi connectivity index (χ0v) is 12.1. The molecule has 0 aliphatic rings. The van der Waals surface area contributed by atoms with E-state index >= 15 is 0 Å². The van der Waals surface area contributed by atoms with Crippen molar-refractivity contribution in [2.24, 2.45) is 12.8 Å². The van der Waals surface area contributed by atoms with Crippen LogP contribution in [0.5, 0.6) is 0 Å². The van der Waals surface area contributed by atoms with Crippen LogP contribution in [0.3, 0.4) is 0 Å². The monoisotopic (exact) mass is 283 g/mol. The minimum absolute atomic E-state index is 0.195. The van der Waals surface area contributed by atoms with Crippen LogP contribution in [-0.4, -0.2) is 38.9 Å². The van der Waals surface area contributed by atoms with Crippen LogP contribution in [-0.2, 0) is 13.6 Å². The van der Waals surface area contributed by atoms with Crippen molar-refractivity contribution in [1.82, 2.24) is 19.4 Å². The molecule has 108 valence electrons. The van der Waals surface area contributed by atoms with E-state index in [1.165, 1.54) is 0 Å². The smallest absolute Gasteiger partial charge is 0.273 e. The lowest BCUT2D eigenvalue weighted by atomic mass is 10.2. The molecular formula is C15H17N5O. The number of carbonyl (C=O) groups is 1. The molecule has 0 saturated carbocycles. The lowest BCUT2D eigenvalue weighted by Gasteiger charge is -2.17. The van der Waals surface area contributed by atoms with Gasteiger partial charge in [0.25, 0.3) is 5.91 Å². The molecule has 6 nitrogen and oxygen atoms in total. The number of hydrogen-bond acceptors (Lipinski definition) is 4. The molecule has 0 saturated heterocycles. The molecule has 0 unspecified atom stereocenters. The summed E-state index contributed by atoms with van der Waals surface area (Å²) in [5.74, 6) is 6.22. The highest BCUT2D eigenvalue weighted by molar-refractivity contribution is 5.94. The van der Waals surface area contributed by atoms with Crippen LogP contribution in [0, 0.1) is 11.8 Å². The number of amides is 1. The summed E-state index contributed by atoms with van der Waals surface area (Å²) >= 11 is 0. The first-order valence-corrected chi connectivity index (χ1v) is 6.49. The van der Waals surface area contributed by atoms with Gasteiger partial charge in [-0.25, -0.2) is 9.97 Å². The van der Waals surface area contributed by atoms with Crippen molar-refractivity contribution in [1.29, 1.82) is 0 Å². The topological polar surface area (TPSA) is 77.0 Å². The van der Waals surface area contributed by atoms with E-state index in [1.54, 1.807) is 36.5 Å². The van der Waals surface area contributed by atoms with Crippen molar-refractivity contribution in [2.45, 2.75) is 6.54 Å². The van der Waals surface area contributed by atoms with Crippen molar-refractivity contribution in [3.05, 3.63) is 47.8 Å². The highest BCUT2D eigenvalue weighted by Crippen LogP contribution is 2.09. The van der Waals surface area contributed by atoms with Crippen molar-refractivity contribution in [2.75, 3.05) is 13.6 Å². The third kappa shape index (κ3) is 3.46. The van der Waals surface area contributed by atoms with E-state index in [9.17, 15) is 4.79 Å². The summed E-state index contributed by atoms with van der Waals surface area (Å²) < 4.78 is 1.87. The summed E-state index contributed by atoms with van der Waals surface area (Å²) in [7, 11) is 3.60. The summed E-state index contributed by atoms with van der Waals surface area (Å²) in [4.78, 5) is 22.4. The Morgan fingerprint density at radius 1 is 1.43 bits per heavy atom. The number of nitrogens with two attached hydrogens (primary N) is 1. The van der Waals surface area contributed by atoms with Gasteiger partial charge in [-0.2, -0.15) is 0 Å². The maximum Gasteiger partial charge on any atom is 0.273 e. The molecule has 2 rings (SSSR count). The van der Waals surface area contributed by atoms with E-state index in [4.69, 9.17) is 5.73 Å². The van der Waals surface area contributed by atoms with Gasteiger partial charge in [0.15, 0.2) is 0 Å². The van der Waals surface area contributed by atoms with Gasteiger partial charge in [0.2, 0.25) is 0 Å². The molecule has 0 fully saturated rings. The Labute approximate surface area is 123 Å². The molecule has 0 bridgehead atoms. The molecule has 0 radical (unpaired) electrons. The van der Waals surface area contributed by atoms with Gasteiger partial charge in [0, 0.05) is 32.7 Å². The fourth-order valence-electron chi connectivity index (χ4n) is 1.84. The molecule has 0 aromatic carbocycles. The molecule has 2 N–H and O–H groups in total. The largest absolute Gasteiger partial charge is 0.337 e. The highest BCUT2D eigenvalue weighted by atomic mass is 16.2. The number of aromatic nitrogens is 3. The molecule has 2 aromatic heterocycles. The second-order valence-electron chi connectivity index (χ2n) is 4.52. The van der Waals surface area contributed by atoms with Gasteiger partial charge in [0.1, 0.15) is 11.5 Å². The number of hydrogen-bond donors (Lipinski definition) is 1. The van der Waals surface area contributed by atoms with E-state index in [0.717, 1.165) is 5.82 Å². The van der Waals surface area contributed by atoms with Gasteiger partial charge in [-0.1, -0.05) is 11.8 Å². The molecular weight excluding hydrogens is 266 g/mol. The molecule has 0 aliphatic heterocycles. The Bertz CT molecular complexity index is 695. The van der Waals surface area contributed by atoms with E-state index in [2.05, 4.69) is 21.8 Å². The Balaban J connectivity index is 2.21. The van der Waals surface area contributed by atoms with Gasteiger partial charge in [-0.05, 0) is 12.1 Å². The van der Waals surface area contributed by atoms with Crippen molar-refractivity contribution in [3.8, 4) is 11.8 Å². The predicted octanol–water partition coefficient (Wildman–Crippen LogP) is 0.398. The number of aryl methyl sites for hydroxylation is 1. The van der Waals surface area contributed by atoms with E-state index in [0.29, 0.717) is 17.8 Å². The van der Waals surface area contributed by atoms with Crippen molar-refractivity contribution in [3.63, 3.8) is 0 Å². The Kier molecular flexibility index (Phi) is 4.69. The molecule has 0 aliphatic carbocycles. The van der Waals surface area contributed by atoms with Gasteiger partial charge in [-0.3, -0.25) is 4.79 Å². The van der Waals surface area contributed by atoms with Gasteiger partial charge in [0.05, 0.1) is 18.7 Å². The van der Waals surface area contributed by atoms with Gasteiger partial charge >= 0.3 is 0 Å². The van der Waals surface area contributed by atoms with Crippen LogP contribution in [0.2, 0.25) is 0 Å². The summed E-state index contributed by atoms with van der Waals surface area (Å²) in [6, 6.07) is 3.51. The second-order valence-corrected chi connectivity index (χ2v) is 4.52. The molecule has 21 heavy (non-hydrogen) atoms. The maximum absolute atomic E-state index is 12.5. The molecule has 0 atom stereocenters. The first-order chi connectivity index (χ1) is 10.1. The highest BCUT2D eigenvalue weighted by Gasteiger charge is 2.17. The Morgan fingerprint density at radius 3 is 2.90 bits per heavy atom.